The minimum Gasteiger partial charge on any atom is -0.318 e. The Hall–Kier alpha value is -2.31. The minimum atomic E-state index is -0.249. The van der Waals surface area contributed by atoms with Gasteiger partial charge in [-0.05, 0) is 59.3 Å². The van der Waals surface area contributed by atoms with Crippen molar-refractivity contribution in [3.63, 3.8) is 0 Å². The average Bonchev–Trinajstić information content (AvgIpc) is 2.91. The van der Waals surface area contributed by atoms with E-state index in [1.165, 1.54) is 11.3 Å². The Bertz CT molecular complexity index is 1210. The molecule has 4 aromatic rings. The number of pyridine rings is 1. The van der Waals surface area contributed by atoms with Gasteiger partial charge in [0, 0.05) is 28.2 Å². The van der Waals surface area contributed by atoms with E-state index in [2.05, 4.69) is 25.9 Å². The molecule has 2 heterocycles. The lowest BCUT2D eigenvalue weighted by atomic mass is 10.1. The van der Waals surface area contributed by atoms with Gasteiger partial charge < -0.3 is 4.57 Å². The van der Waals surface area contributed by atoms with Crippen LogP contribution >= 0.6 is 27.3 Å². The number of amides is 1. The van der Waals surface area contributed by atoms with E-state index >= 15 is 0 Å². The smallest absolute Gasteiger partial charge is 0.279 e. The van der Waals surface area contributed by atoms with Crippen LogP contribution in [0.15, 0.2) is 58.0 Å². The lowest BCUT2D eigenvalue weighted by molar-refractivity contribution is 0.0998. The standard InChI is InChI=1S/C19H14BrN3OS/c1-11-6-7-12-10-13(8-9-15(12)21-11)18(24)22-19-23(2)17-14(20)4-3-5-16(17)25-19/h3-10H,1-2H3. The Kier molecular flexibility index (Phi) is 4.01. The molecule has 25 heavy (non-hydrogen) atoms. The van der Waals surface area contributed by atoms with Crippen molar-refractivity contribution < 1.29 is 4.79 Å². The molecule has 2 aromatic heterocycles. The second kappa shape index (κ2) is 6.20. The van der Waals surface area contributed by atoms with Crippen molar-refractivity contribution in [1.82, 2.24) is 9.55 Å². The summed E-state index contributed by atoms with van der Waals surface area (Å²) in [5, 5.41) is 0.940. The molecule has 0 saturated carbocycles. The fourth-order valence-corrected chi connectivity index (χ4v) is 4.58. The number of aryl methyl sites for hydroxylation is 2. The summed E-state index contributed by atoms with van der Waals surface area (Å²) in [6.45, 7) is 1.95. The number of carbonyl (C=O) groups excluding carboxylic acids is 1. The summed E-state index contributed by atoms with van der Waals surface area (Å²) in [5.74, 6) is -0.249. The van der Waals surface area contributed by atoms with E-state index in [1.54, 1.807) is 6.07 Å². The number of hydrogen-bond acceptors (Lipinski definition) is 3. The number of benzene rings is 2. The Labute approximate surface area is 156 Å². The summed E-state index contributed by atoms with van der Waals surface area (Å²) in [7, 11) is 1.92. The summed E-state index contributed by atoms with van der Waals surface area (Å²) < 4.78 is 4.01. The first-order chi connectivity index (χ1) is 12.0. The molecule has 0 unspecified atom stereocenters. The molecule has 4 nitrogen and oxygen atoms in total. The van der Waals surface area contributed by atoms with Crippen LogP contribution in [0.2, 0.25) is 0 Å². The number of halogens is 1. The Balaban J connectivity index is 1.82. The zero-order valence-corrected chi connectivity index (χ0v) is 16.1. The highest BCUT2D eigenvalue weighted by Crippen LogP contribution is 2.25. The molecule has 0 bridgehead atoms. The molecule has 0 atom stereocenters. The maximum atomic E-state index is 12.6. The number of carbonyl (C=O) groups is 1. The van der Waals surface area contributed by atoms with Crippen LogP contribution in [0.5, 0.6) is 0 Å². The number of rotatable bonds is 1. The van der Waals surface area contributed by atoms with Crippen LogP contribution in [-0.2, 0) is 7.05 Å². The molecule has 0 saturated heterocycles. The number of para-hydroxylation sites is 1. The summed E-state index contributed by atoms with van der Waals surface area (Å²) in [6.07, 6.45) is 0. The van der Waals surface area contributed by atoms with E-state index in [1.807, 2.05) is 61.0 Å². The molecule has 0 aliphatic rings. The Morgan fingerprint density at radius 1 is 1.20 bits per heavy atom. The largest absolute Gasteiger partial charge is 0.318 e. The lowest BCUT2D eigenvalue weighted by Crippen LogP contribution is -2.13. The third-order valence-electron chi connectivity index (χ3n) is 4.05. The molecule has 124 valence electrons. The molecular formula is C19H14BrN3OS. The van der Waals surface area contributed by atoms with Crippen molar-refractivity contribution in [3.8, 4) is 0 Å². The highest BCUT2D eigenvalue weighted by Gasteiger charge is 2.10. The quantitative estimate of drug-likeness (QED) is 0.459. The van der Waals surface area contributed by atoms with Gasteiger partial charge in [-0.1, -0.05) is 23.5 Å². The summed E-state index contributed by atoms with van der Waals surface area (Å²) in [5.41, 5.74) is 3.44. The van der Waals surface area contributed by atoms with Crippen LogP contribution < -0.4 is 4.80 Å². The first-order valence-electron chi connectivity index (χ1n) is 7.73. The molecule has 1 amide bonds. The zero-order chi connectivity index (χ0) is 17.6. The van der Waals surface area contributed by atoms with Gasteiger partial charge >= 0.3 is 0 Å². The van der Waals surface area contributed by atoms with Crippen molar-refractivity contribution in [1.29, 1.82) is 0 Å². The van der Waals surface area contributed by atoms with Gasteiger partial charge in [0.05, 0.1) is 15.7 Å². The maximum Gasteiger partial charge on any atom is 0.279 e. The van der Waals surface area contributed by atoms with Crippen LogP contribution in [0, 0.1) is 6.92 Å². The number of hydrogen-bond donors (Lipinski definition) is 0. The van der Waals surface area contributed by atoms with Crippen molar-refractivity contribution in [2.24, 2.45) is 12.0 Å². The van der Waals surface area contributed by atoms with Gasteiger partial charge in [-0.3, -0.25) is 9.78 Å². The van der Waals surface area contributed by atoms with Crippen LogP contribution in [0.1, 0.15) is 16.1 Å². The highest BCUT2D eigenvalue weighted by molar-refractivity contribution is 9.10. The fourth-order valence-electron chi connectivity index (χ4n) is 2.78. The second-order valence-corrected chi connectivity index (χ2v) is 7.67. The van der Waals surface area contributed by atoms with E-state index in [0.717, 1.165) is 31.3 Å². The van der Waals surface area contributed by atoms with E-state index in [0.29, 0.717) is 10.4 Å². The van der Waals surface area contributed by atoms with Crippen LogP contribution in [-0.4, -0.2) is 15.5 Å². The summed E-state index contributed by atoms with van der Waals surface area (Å²) >= 11 is 5.06. The van der Waals surface area contributed by atoms with E-state index in [-0.39, 0.29) is 5.91 Å². The third kappa shape index (κ3) is 2.92. The molecule has 2 aromatic carbocycles. The van der Waals surface area contributed by atoms with Gasteiger partial charge in [0.1, 0.15) is 0 Å². The van der Waals surface area contributed by atoms with Crippen molar-refractivity contribution in [2.75, 3.05) is 0 Å². The van der Waals surface area contributed by atoms with Crippen molar-refractivity contribution >= 4 is 54.3 Å². The summed E-state index contributed by atoms with van der Waals surface area (Å²) in [6, 6.07) is 15.4. The molecule has 0 N–H and O–H groups in total. The molecule has 0 aliphatic heterocycles. The molecular weight excluding hydrogens is 398 g/mol. The number of fused-ring (bicyclic) bond motifs is 2. The summed E-state index contributed by atoms with van der Waals surface area (Å²) in [4.78, 5) is 22.1. The third-order valence-corrected chi connectivity index (χ3v) is 5.78. The molecule has 6 heteroatoms. The minimum absolute atomic E-state index is 0.249. The van der Waals surface area contributed by atoms with Crippen LogP contribution in [0.4, 0.5) is 0 Å². The van der Waals surface area contributed by atoms with E-state index in [9.17, 15) is 4.79 Å². The first-order valence-corrected chi connectivity index (χ1v) is 9.34. The molecule has 0 fully saturated rings. The van der Waals surface area contributed by atoms with Gasteiger partial charge in [0.2, 0.25) is 0 Å². The Morgan fingerprint density at radius 2 is 2.04 bits per heavy atom. The molecule has 0 radical (unpaired) electrons. The Morgan fingerprint density at radius 3 is 2.84 bits per heavy atom. The maximum absolute atomic E-state index is 12.6. The van der Waals surface area contributed by atoms with Gasteiger partial charge in [-0.2, -0.15) is 4.99 Å². The lowest BCUT2D eigenvalue weighted by Gasteiger charge is -2.01. The SMILES string of the molecule is Cc1ccc2cc(C(=O)N=c3sc4cccc(Br)c4n3C)ccc2n1. The predicted octanol–water partition coefficient (Wildman–Crippen LogP) is 4.60. The van der Waals surface area contributed by atoms with Crippen molar-refractivity contribution in [2.45, 2.75) is 6.92 Å². The fraction of sp³-hybridized carbons (Fsp3) is 0.105. The van der Waals surface area contributed by atoms with Crippen LogP contribution in [0.25, 0.3) is 21.1 Å². The van der Waals surface area contributed by atoms with Crippen LogP contribution in [0.3, 0.4) is 0 Å². The number of nitrogens with zero attached hydrogens (tertiary/aromatic N) is 3. The predicted molar refractivity (Wildman–Crippen MR) is 105 cm³/mol. The highest BCUT2D eigenvalue weighted by atomic mass is 79.9. The normalized spacial score (nSPS) is 12.2. The molecule has 0 spiro atoms. The number of thiazole rings is 1. The average molecular weight is 412 g/mol. The number of aromatic nitrogens is 2. The van der Waals surface area contributed by atoms with E-state index in [4.69, 9.17) is 0 Å². The van der Waals surface area contributed by atoms with E-state index < -0.39 is 0 Å². The monoisotopic (exact) mass is 411 g/mol. The zero-order valence-electron chi connectivity index (χ0n) is 13.7. The van der Waals surface area contributed by atoms with Gasteiger partial charge in [-0.25, -0.2) is 0 Å². The van der Waals surface area contributed by atoms with Crippen molar-refractivity contribution in [3.05, 3.63) is 69.1 Å². The second-order valence-electron chi connectivity index (χ2n) is 5.81. The molecule has 0 aliphatic carbocycles. The van der Waals surface area contributed by atoms with Gasteiger partial charge in [0.25, 0.3) is 5.91 Å². The topological polar surface area (TPSA) is 47.2 Å². The van der Waals surface area contributed by atoms with Gasteiger partial charge in [0.15, 0.2) is 4.80 Å². The van der Waals surface area contributed by atoms with Gasteiger partial charge in [-0.15, -0.1) is 0 Å². The molecule has 4 rings (SSSR count). The first kappa shape index (κ1) is 16.2.